The number of ether oxygens (including phenoxy) is 2. The summed E-state index contributed by atoms with van der Waals surface area (Å²) in [5.41, 5.74) is 1.95. The van der Waals surface area contributed by atoms with Crippen molar-refractivity contribution in [2.45, 2.75) is 44.9 Å². The second kappa shape index (κ2) is 7.46. The summed E-state index contributed by atoms with van der Waals surface area (Å²) in [6.07, 6.45) is 10.7. The summed E-state index contributed by atoms with van der Waals surface area (Å²) >= 11 is 0. The number of methoxy groups -OCH3 is 2. The van der Waals surface area contributed by atoms with E-state index in [2.05, 4.69) is 6.58 Å². The minimum Gasteiger partial charge on any atom is -0.493 e. The summed E-state index contributed by atoms with van der Waals surface area (Å²) in [5.74, 6) is 4.05. The maximum atomic E-state index is 13.3. The lowest BCUT2D eigenvalue weighted by atomic mass is 9.49. The average Bonchev–Trinajstić information content (AvgIpc) is 2.65. The molecule has 4 saturated carbocycles. The molecule has 4 heteroatoms. The zero-order valence-corrected chi connectivity index (χ0v) is 17.5. The van der Waals surface area contributed by atoms with Crippen LogP contribution in [0.5, 0.6) is 11.5 Å². The second-order valence-electron chi connectivity index (χ2n) is 9.44. The minimum atomic E-state index is 0.0713. The SMILES string of the molecule is C=CCc1cc(C(=O)N(C)CC23CC4CC(CC(C4)C2)C3)cc(OC)c1OC. The highest BCUT2D eigenvalue weighted by atomic mass is 16.5. The molecule has 28 heavy (non-hydrogen) atoms. The molecule has 0 spiro atoms. The van der Waals surface area contributed by atoms with Gasteiger partial charge >= 0.3 is 0 Å². The summed E-state index contributed by atoms with van der Waals surface area (Å²) in [6, 6.07) is 3.74. The van der Waals surface area contributed by atoms with Gasteiger partial charge in [0.05, 0.1) is 14.2 Å². The molecule has 0 radical (unpaired) electrons. The molecular formula is C24H33NO3. The monoisotopic (exact) mass is 383 g/mol. The zero-order valence-electron chi connectivity index (χ0n) is 17.5. The number of allylic oxidation sites excluding steroid dienone is 1. The van der Waals surface area contributed by atoms with Crippen molar-refractivity contribution in [3.8, 4) is 11.5 Å². The molecule has 4 aliphatic rings. The largest absolute Gasteiger partial charge is 0.493 e. The maximum absolute atomic E-state index is 13.3. The molecule has 0 aliphatic heterocycles. The molecule has 0 heterocycles. The fourth-order valence-corrected chi connectivity index (χ4v) is 6.75. The van der Waals surface area contributed by atoms with Crippen LogP contribution >= 0.6 is 0 Å². The van der Waals surface area contributed by atoms with Crippen LogP contribution in [-0.2, 0) is 6.42 Å². The third kappa shape index (κ3) is 3.42. The van der Waals surface area contributed by atoms with Gasteiger partial charge in [-0.15, -0.1) is 6.58 Å². The van der Waals surface area contributed by atoms with Gasteiger partial charge < -0.3 is 14.4 Å². The van der Waals surface area contributed by atoms with E-state index in [1.54, 1.807) is 14.2 Å². The molecule has 4 bridgehead atoms. The van der Waals surface area contributed by atoms with Crippen LogP contribution in [0.4, 0.5) is 0 Å². The molecule has 5 rings (SSSR count). The Morgan fingerprint density at radius 3 is 2.25 bits per heavy atom. The predicted molar refractivity (Wildman–Crippen MR) is 111 cm³/mol. The molecule has 0 saturated heterocycles. The fraction of sp³-hybridized carbons (Fsp3) is 0.625. The second-order valence-corrected chi connectivity index (χ2v) is 9.44. The molecule has 1 aromatic carbocycles. The van der Waals surface area contributed by atoms with E-state index in [9.17, 15) is 4.79 Å². The van der Waals surface area contributed by atoms with Gasteiger partial charge in [-0.2, -0.15) is 0 Å². The number of hydrogen-bond donors (Lipinski definition) is 0. The topological polar surface area (TPSA) is 38.8 Å². The quantitative estimate of drug-likeness (QED) is 0.640. The summed E-state index contributed by atoms with van der Waals surface area (Å²) in [5, 5.41) is 0. The first-order valence-electron chi connectivity index (χ1n) is 10.6. The Labute approximate surface area is 168 Å². The summed E-state index contributed by atoms with van der Waals surface area (Å²) in [6.45, 7) is 4.70. The smallest absolute Gasteiger partial charge is 0.253 e. The Hall–Kier alpha value is -1.97. The summed E-state index contributed by atoms with van der Waals surface area (Å²) in [4.78, 5) is 15.2. The highest BCUT2D eigenvalue weighted by Gasteiger charge is 2.51. The minimum absolute atomic E-state index is 0.0713. The standard InChI is InChI=1S/C24H33NO3/c1-5-6-19-10-20(11-21(27-3)22(19)28-4)23(26)25(2)15-24-12-16-7-17(13-24)9-18(8-16)14-24/h5,10-11,16-18H,1,6-9,12-15H2,2-4H3. The molecule has 0 N–H and O–H groups in total. The van der Waals surface area contributed by atoms with Gasteiger partial charge in [-0.3, -0.25) is 4.79 Å². The number of amides is 1. The molecule has 4 aliphatic carbocycles. The number of nitrogens with zero attached hydrogens (tertiary/aromatic N) is 1. The van der Waals surface area contributed by atoms with Crippen molar-refractivity contribution in [3.63, 3.8) is 0 Å². The third-order valence-electron chi connectivity index (χ3n) is 7.25. The first-order valence-corrected chi connectivity index (χ1v) is 10.6. The Bertz CT molecular complexity index is 734. The van der Waals surface area contributed by atoms with Gasteiger partial charge in [0.15, 0.2) is 11.5 Å². The van der Waals surface area contributed by atoms with Crippen LogP contribution in [-0.4, -0.2) is 38.6 Å². The lowest BCUT2D eigenvalue weighted by Gasteiger charge is -2.57. The van der Waals surface area contributed by atoms with Crippen molar-refractivity contribution in [1.29, 1.82) is 0 Å². The van der Waals surface area contributed by atoms with E-state index in [1.165, 1.54) is 38.5 Å². The molecule has 1 amide bonds. The van der Waals surface area contributed by atoms with Crippen LogP contribution in [0, 0.1) is 23.2 Å². The van der Waals surface area contributed by atoms with E-state index >= 15 is 0 Å². The van der Waals surface area contributed by atoms with Crippen molar-refractivity contribution >= 4 is 5.91 Å². The molecule has 0 unspecified atom stereocenters. The molecule has 0 atom stereocenters. The van der Waals surface area contributed by atoms with Gasteiger partial charge in [-0.25, -0.2) is 0 Å². The van der Waals surface area contributed by atoms with Crippen LogP contribution < -0.4 is 9.47 Å². The summed E-state index contributed by atoms with van der Waals surface area (Å²) in [7, 11) is 5.21. The number of carbonyl (C=O) groups excluding carboxylic acids is 1. The Morgan fingerprint density at radius 1 is 1.14 bits per heavy atom. The zero-order chi connectivity index (χ0) is 19.9. The third-order valence-corrected chi connectivity index (χ3v) is 7.25. The van der Waals surface area contributed by atoms with Gasteiger partial charge in [0.25, 0.3) is 5.91 Å². The molecule has 4 nitrogen and oxygen atoms in total. The number of hydrogen-bond acceptors (Lipinski definition) is 3. The van der Waals surface area contributed by atoms with Gasteiger partial charge in [-0.1, -0.05) is 6.08 Å². The van der Waals surface area contributed by atoms with Gasteiger partial charge in [0.1, 0.15) is 0 Å². The van der Waals surface area contributed by atoms with E-state index < -0.39 is 0 Å². The molecule has 4 fully saturated rings. The van der Waals surface area contributed by atoms with Crippen molar-refractivity contribution in [3.05, 3.63) is 35.9 Å². The fourth-order valence-electron chi connectivity index (χ4n) is 6.75. The van der Waals surface area contributed by atoms with Gasteiger partial charge in [0, 0.05) is 24.7 Å². The lowest BCUT2D eigenvalue weighted by Crippen LogP contribution is -2.51. The van der Waals surface area contributed by atoms with Crippen LogP contribution in [0.1, 0.15) is 54.4 Å². The number of rotatable bonds is 7. The molecule has 1 aromatic rings. The van der Waals surface area contributed by atoms with Crippen molar-refractivity contribution in [1.82, 2.24) is 4.90 Å². The highest BCUT2D eigenvalue weighted by molar-refractivity contribution is 5.95. The van der Waals surface area contributed by atoms with E-state index in [0.717, 1.165) is 29.9 Å². The van der Waals surface area contributed by atoms with Crippen LogP contribution in [0.15, 0.2) is 24.8 Å². The van der Waals surface area contributed by atoms with Crippen molar-refractivity contribution in [2.24, 2.45) is 23.2 Å². The Morgan fingerprint density at radius 2 is 1.75 bits per heavy atom. The predicted octanol–water partition coefficient (Wildman–Crippen LogP) is 4.72. The van der Waals surface area contributed by atoms with Crippen LogP contribution in [0.25, 0.3) is 0 Å². The van der Waals surface area contributed by atoms with E-state index in [4.69, 9.17) is 9.47 Å². The maximum Gasteiger partial charge on any atom is 0.253 e. The van der Waals surface area contributed by atoms with Crippen LogP contribution in [0.3, 0.4) is 0 Å². The Balaban J connectivity index is 1.55. The summed E-state index contributed by atoms with van der Waals surface area (Å²) < 4.78 is 11.0. The number of carbonyl (C=O) groups is 1. The first-order chi connectivity index (χ1) is 13.5. The van der Waals surface area contributed by atoms with E-state index in [1.807, 2.05) is 30.2 Å². The van der Waals surface area contributed by atoms with Crippen molar-refractivity contribution < 1.29 is 14.3 Å². The lowest BCUT2D eigenvalue weighted by molar-refractivity contribution is -0.0629. The average molecular weight is 384 g/mol. The van der Waals surface area contributed by atoms with Gasteiger partial charge in [0.2, 0.25) is 0 Å². The molecule has 152 valence electrons. The van der Waals surface area contributed by atoms with Gasteiger partial charge in [-0.05, 0) is 80.2 Å². The normalized spacial score (nSPS) is 30.2. The molecular weight excluding hydrogens is 350 g/mol. The van der Waals surface area contributed by atoms with Crippen molar-refractivity contribution in [2.75, 3.05) is 27.8 Å². The Kier molecular flexibility index (Phi) is 5.15. The number of benzene rings is 1. The molecule has 0 aromatic heterocycles. The van der Waals surface area contributed by atoms with E-state index in [0.29, 0.717) is 28.9 Å². The van der Waals surface area contributed by atoms with E-state index in [-0.39, 0.29) is 5.91 Å². The first kappa shape index (κ1) is 19.4. The van der Waals surface area contributed by atoms with Crippen LogP contribution in [0.2, 0.25) is 0 Å². The highest BCUT2D eigenvalue weighted by Crippen LogP contribution is 2.60.